The van der Waals surface area contributed by atoms with Crippen molar-refractivity contribution in [2.75, 3.05) is 0 Å². The van der Waals surface area contributed by atoms with Gasteiger partial charge in [0.25, 0.3) is 0 Å². The molecule has 0 bridgehead atoms. The molecule has 1 aromatic carbocycles. The molecule has 1 aromatic rings. The maximum absolute atomic E-state index is 11.5. The zero-order chi connectivity index (χ0) is 11.4. The third-order valence-electron chi connectivity index (χ3n) is 2.31. The Balaban J connectivity index is 2.80. The predicted molar refractivity (Wildman–Crippen MR) is 61.3 cm³/mol. The normalized spacial score (nSPS) is 12.3. The van der Waals surface area contributed by atoms with E-state index < -0.39 is 0 Å². The molecule has 1 unspecified atom stereocenters. The summed E-state index contributed by atoms with van der Waals surface area (Å²) in [5.74, 6) is 0.119. The van der Waals surface area contributed by atoms with E-state index in [1.807, 2.05) is 26.8 Å². The number of halogens is 1. The summed E-state index contributed by atoms with van der Waals surface area (Å²) in [6.45, 7) is 5.72. The number of rotatable bonds is 3. The first-order chi connectivity index (χ1) is 7.04. The summed E-state index contributed by atoms with van der Waals surface area (Å²) in [6, 6.07) is 5.38. The van der Waals surface area contributed by atoms with Crippen molar-refractivity contribution in [1.82, 2.24) is 0 Å². The van der Waals surface area contributed by atoms with Gasteiger partial charge in [0.1, 0.15) is 5.75 Å². The van der Waals surface area contributed by atoms with Gasteiger partial charge in [-0.1, -0.05) is 31.5 Å². The van der Waals surface area contributed by atoms with E-state index in [0.717, 1.165) is 12.0 Å². The standard InChI is InChI=1S/C12H15ClO2/c1-4-9(3)12(14)15-11-7-8(2)5-6-10(11)13/h5-7,9H,4H2,1-3H3. The second kappa shape index (κ2) is 5.17. The summed E-state index contributed by atoms with van der Waals surface area (Å²) >= 11 is 5.91. The van der Waals surface area contributed by atoms with Gasteiger partial charge in [-0.15, -0.1) is 0 Å². The number of hydrogen-bond acceptors (Lipinski definition) is 2. The number of esters is 1. The Hall–Kier alpha value is -1.02. The number of carbonyl (C=O) groups excluding carboxylic acids is 1. The third kappa shape index (κ3) is 3.24. The van der Waals surface area contributed by atoms with Crippen molar-refractivity contribution in [3.05, 3.63) is 28.8 Å². The van der Waals surface area contributed by atoms with Gasteiger partial charge in [0.15, 0.2) is 0 Å². The molecule has 3 heteroatoms. The van der Waals surface area contributed by atoms with E-state index in [-0.39, 0.29) is 11.9 Å². The highest BCUT2D eigenvalue weighted by Crippen LogP contribution is 2.26. The van der Waals surface area contributed by atoms with Crippen molar-refractivity contribution in [1.29, 1.82) is 0 Å². The van der Waals surface area contributed by atoms with E-state index in [1.165, 1.54) is 0 Å². The van der Waals surface area contributed by atoms with Crippen LogP contribution in [0.25, 0.3) is 0 Å². The highest BCUT2D eigenvalue weighted by atomic mass is 35.5. The van der Waals surface area contributed by atoms with E-state index in [2.05, 4.69) is 0 Å². The third-order valence-corrected chi connectivity index (χ3v) is 2.62. The molecule has 0 spiro atoms. The lowest BCUT2D eigenvalue weighted by atomic mass is 10.1. The molecule has 82 valence electrons. The van der Waals surface area contributed by atoms with Gasteiger partial charge in [0, 0.05) is 0 Å². The second-order valence-corrected chi connectivity index (χ2v) is 4.07. The fraction of sp³-hybridized carbons (Fsp3) is 0.417. The first-order valence-electron chi connectivity index (χ1n) is 5.02. The molecule has 0 amide bonds. The van der Waals surface area contributed by atoms with Crippen molar-refractivity contribution in [2.24, 2.45) is 5.92 Å². The molecule has 0 saturated heterocycles. The monoisotopic (exact) mass is 226 g/mol. The number of hydrogen-bond donors (Lipinski definition) is 0. The van der Waals surface area contributed by atoms with Gasteiger partial charge in [-0.05, 0) is 31.0 Å². The Kier molecular flexibility index (Phi) is 4.15. The topological polar surface area (TPSA) is 26.3 Å². The number of aryl methyl sites for hydroxylation is 1. The van der Waals surface area contributed by atoms with Crippen LogP contribution in [0.4, 0.5) is 0 Å². The highest BCUT2D eigenvalue weighted by Gasteiger charge is 2.14. The van der Waals surface area contributed by atoms with Crippen LogP contribution >= 0.6 is 11.6 Å². The average Bonchev–Trinajstić information content (AvgIpc) is 2.22. The van der Waals surface area contributed by atoms with Crippen LogP contribution in [0.15, 0.2) is 18.2 Å². The van der Waals surface area contributed by atoms with E-state index in [4.69, 9.17) is 16.3 Å². The van der Waals surface area contributed by atoms with Crippen LogP contribution in [0.3, 0.4) is 0 Å². The summed E-state index contributed by atoms with van der Waals surface area (Å²) < 4.78 is 5.21. The summed E-state index contributed by atoms with van der Waals surface area (Å²) in [5, 5.41) is 0.470. The fourth-order valence-electron chi connectivity index (χ4n) is 1.06. The smallest absolute Gasteiger partial charge is 0.314 e. The van der Waals surface area contributed by atoms with Crippen LogP contribution in [-0.4, -0.2) is 5.97 Å². The van der Waals surface area contributed by atoms with Gasteiger partial charge >= 0.3 is 5.97 Å². The van der Waals surface area contributed by atoms with Crippen LogP contribution in [0.2, 0.25) is 5.02 Å². The maximum Gasteiger partial charge on any atom is 0.314 e. The Labute approximate surface area is 95.2 Å². The molecule has 15 heavy (non-hydrogen) atoms. The number of benzene rings is 1. The SMILES string of the molecule is CCC(C)C(=O)Oc1cc(C)ccc1Cl. The predicted octanol–water partition coefficient (Wildman–Crippen LogP) is 3.60. The van der Waals surface area contributed by atoms with Gasteiger partial charge in [-0.2, -0.15) is 0 Å². The van der Waals surface area contributed by atoms with Crippen molar-refractivity contribution in [3.8, 4) is 5.75 Å². The minimum atomic E-state index is -0.231. The van der Waals surface area contributed by atoms with Gasteiger partial charge < -0.3 is 4.74 Å². The summed E-state index contributed by atoms with van der Waals surface area (Å²) in [5.41, 5.74) is 1.02. The van der Waals surface area contributed by atoms with E-state index in [0.29, 0.717) is 10.8 Å². The first-order valence-corrected chi connectivity index (χ1v) is 5.40. The average molecular weight is 227 g/mol. The fourth-order valence-corrected chi connectivity index (χ4v) is 1.22. The largest absolute Gasteiger partial charge is 0.425 e. The van der Waals surface area contributed by atoms with Crippen LogP contribution in [0.1, 0.15) is 25.8 Å². The van der Waals surface area contributed by atoms with Crippen LogP contribution in [0, 0.1) is 12.8 Å². The second-order valence-electron chi connectivity index (χ2n) is 3.66. The first kappa shape index (κ1) is 12.1. The van der Waals surface area contributed by atoms with Crippen LogP contribution < -0.4 is 4.74 Å². The van der Waals surface area contributed by atoms with Crippen molar-refractivity contribution in [3.63, 3.8) is 0 Å². The van der Waals surface area contributed by atoms with Crippen LogP contribution in [0.5, 0.6) is 5.75 Å². The Morgan fingerprint density at radius 2 is 2.20 bits per heavy atom. The van der Waals surface area contributed by atoms with Crippen molar-refractivity contribution in [2.45, 2.75) is 27.2 Å². The Morgan fingerprint density at radius 3 is 2.80 bits per heavy atom. The minimum Gasteiger partial charge on any atom is -0.425 e. The number of ether oxygens (including phenoxy) is 1. The van der Waals surface area contributed by atoms with E-state index in [9.17, 15) is 4.79 Å². The quantitative estimate of drug-likeness (QED) is 0.582. The molecule has 0 N–H and O–H groups in total. The molecule has 0 fully saturated rings. The maximum atomic E-state index is 11.5. The molecule has 2 nitrogen and oxygen atoms in total. The lowest BCUT2D eigenvalue weighted by molar-refractivity contribution is -0.138. The van der Waals surface area contributed by atoms with Crippen molar-refractivity contribution < 1.29 is 9.53 Å². The lowest BCUT2D eigenvalue weighted by Crippen LogP contribution is -2.17. The summed E-state index contributed by atoms with van der Waals surface area (Å²) in [7, 11) is 0. The summed E-state index contributed by atoms with van der Waals surface area (Å²) in [4.78, 5) is 11.5. The Bertz CT molecular complexity index is 361. The molecule has 0 saturated carbocycles. The molecule has 0 aliphatic rings. The molecular formula is C12H15ClO2. The van der Waals surface area contributed by atoms with Gasteiger partial charge in [0.05, 0.1) is 10.9 Å². The zero-order valence-electron chi connectivity index (χ0n) is 9.21. The van der Waals surface area contributed by atoms with E-state index in [1.54, 1.807) is 12.1 Å². The molecule has 0 aliphatic heterocycles. The van der Waals surface area contributed by atoms with E-state index >= 15 is 0 Å². The summed E-state index contributed by atoms with van der Waals surface area (Å²) in [6.07, 6.45) is 0.766. The Morgan fingerprint density at radius 1 is 1.53 bits per heavy atom. The molecule has 1 atom stereocenters. The molecule has 0 heterocycles. The van der Waals surface area contributed by atoms with Gasteiger partial charge in [0.2, 0.25) is 0 Å². The number of carbonyl (C=O) groups is 1. The molecule has 0 radical (unpaired) electrons. The zero-order valence-corrected chi connectivity index (χ0v) is 9.97. The van der Waals surface area contributed by atoms with Gasteiger partial charge in [-0.25, -0.2) is 0 Å². The molecular weight excluding hydrogens is 212 g/mol. The lowest BCUT2D eigenvalue weighted by Gasteiger charge is -2.10. The molecule has 1 rings (SSSR count). The highest BCUT2D eigenvalue weighted by molar-refractivity contribution is 6.32. The van der Waals surface area contributed by atoms with Crippen molar-refractivity contribution >= 4 is 17.6 Å². The molecule has 0 aliphatic carbocycles. The minimum absolute atomic E-state index is 0.0958. The van der Waals surface area contributed by atoms with Gasteiger partial charge in [-0.3, -0.25) is 4.79 Å². The van der Waals surface area contributed by atoms with Crippen LogP contribution in [-0.2, 0) is 4.79 Å². The molecule has 0 aromatic heterocycles.